The van der Waals surface area contributed by atoms with Gasteiger partial charge in [0.15, 0.2) is 0 Å². The zero-order valence-corrected chi connectivity index (χ0v) is 17.5. The third-order valence-corrected chi connectivity index (χ3v) is 5.95. The van der Waals surface area contributed by atoms with Crippen LogP contribution in [0.1, 0.15) is 16.8 Å². The van der Waals surface area contributed by atoms with Gasteiger partial charge in [-0.2, -0.15) is 0 Å². The number of hydrogen-bond acceptors (Lipinski definition) is 2. The lowest BCUT2D eigenvalue weighted by molar-refractivity contribution is 0.206. The van der Waals surface area contributed by atoms with Crippen molar-refractivity contribution in [2.75, 3.05) is 19.0 Å². The number of benzene rings is 3. The molecule has 2 heterocycles. The zero-order chi connectivity index (χ0) is 21.2. The predicted molar refractivity (Wildman–Crippen MR) is 124 cm³/mol. The van der Waals surface area contributed by atoms with Crippen LogP contribution in [-0.2, 0) is 19.5 Å². The maximum Gasteiger partial charge on any atom is 0.322 e. The van der Waals surface area contributed by atoms with Crippen molar-refractivity contribution in [3.8, 4) is 5.75 Å². The third kappa shape index (κ3) is 3.75. The van der Waals surface area contributed by atoms with Crippen molar-refractivity contribution in [2.24, 2.45) is 0 Å². The molecule has 5 heteroatoms. The van der Waals surface area contributed by atoms with Crippen LogP contribution in [0.25, 0.3) is 10.9 Å². The molecule has 0 radical (unpaired) electrons. The number of urea groups is 1. The van der Waals surface area contributed by atoms with Gasteiger partial charge in [-0.1, -0.05) is 54.6 Å². The molecule has 3 aromatic carbocycles. The van der Waals surface area contributed by atoms with E-state index in [9.17, 15) is 4.79 Å². The molecular formula is C26H25N3O2. The van der Waals surface area contributed by atoms with E-state index in [-0.39, 0.29) is 6.03 Å². The highest BCUT2D eigenvalue weighted by molar-refractivity contribution is 5.91. The molecule has 156 valence electrons. The minimum atomic E-state index is -0.0845. The van der Waals surface area contributed by atoms with Crippen molar-refractivity contribution in [1.29, 1.82) is 0 Å². The summed E-state index contributed by atoms with van der Waals surface area (Å²) in [6, 6.07) is 26.4. The van der Waals surface area contributed by atoms with E-state index in [0.717, 1.165) is 24.4 Å². The van der Waals surface area contributed by atoms with Crippen LogP contribution >= 0.6 is 0 Å². The number of amides is 2. The Balaban J connectivity index is 1.43. The Hall–Kier alpha value is -3.73. The molecule has 0 spiro atoms. The lowest BCUT2D eigenvalue weighted by atomic mass is 10.0. The van der Waals surface area contributed by atoms with Crippen molar-refractivity contribution >= 4 is 22.6 Å². The molecule has 2 amide bonds. The van der Waals surface area contributed by atoms with Gasteiger partial charge in [-0.15, -0.1) is 0 Å². The summed E-state index contributed by atoms with van der Waals surface area (Å²) in [5.74, 6) is 0.725. The number of anilines is 1. The Kier molecular flexibility index (Phi) is 5.08. The second-order valence-electron chi connectivity index (χ2n) is 7.85. The molecule has 4 aromatic rings. The van der Waals surface area contributed by atoms with Gasteiger partial charge in [0.05, 0.1) is 7.11 Å². The fraction of sp³-hybridized carbons (Fsp3) is 0.192. The van der Waals surface area contributed by atoms with E-state index >= 15 is 0 Å². The first-order valence-electron chi connectivity index (χ1n) is 10.6. The fourth-order valence-electron chi connectivity index (χ4n) is 4.42. The number of nitrogens with zero attached hydrogens (tertiary/aromatic N) is 2. The van der Waals surface area contributed by atoms with Gasteiger partial charge in [-0.25, -0.2) is 4.79 Å². The predicted octanol–water partition coefficient (Wildman–Crippen LogP) is 5.29. The van der Waals surface area contributed by atoms with Crippen LogP contribution in [0.15, 0.2) is 78.9 Å². The van der Waals surface area contributed by atoms with E-state index in [4.69, 9.17) is 4.74 Å². The Morgan fingerprint density at radius 2 is 1.81 bits per heavy atom. The highest BCUT2D eigenvalue weighted by atomic mass is 16.5. The molecule has 0 saturated heterocycles. The number of nitrogens with one attached hydrogen (secondary N) is 1. The molecule has 0 bridgehead atoms. The molecule has 0 fully saturated rings. The van der Waals surface area contributed by atoms with Crippen molar-refractivity contribution < 1.29 is 9.53 Å². The quantitative estimate of drug-likeness (QED) is 0.496. The molecule has 0 saturated carbocycles. The van der Waals surface area contributed by atoms with Gasteiger partial charge in [0.2, 0.25) is 0 Å². The van der Waals surface area contributed by atoms with Gasteiger partial charge in [0.25, 0.3) is 0 Å². The normalized spacial score (nSPS) is 13.1. The zero-order valence-electron chi connectivity index (χ0n) is 17.5. The Morgan fingerprint density at radius 3 is 2.65 bits per heavy atom. The van der Waals surface area contributed by atoms with Gasteiger partial charge in [-0.3, -0.25) is 0 Å². The van der Waals surface area contributed by atoms with E-state index in [0.29, 0.717) is 13.1 Å². The Bertz CT molecular complexity index is 1230. The van der Waals surface area contributed by atoms with Crippen LogP contribution in [0, 0.1) is 0 Å². The molecule has 31 heavy (non-hydrogen) atoms. The number of hydrogen-bond donors (Lipinski definition) is 1. The summed E-state index contributed by atoms with van der Waals surface area (Å²) in [6.45, 7) is 2.13. The van der Waals surface area contributed by atoms with Gasteiger partial charge in [0.1, 0.15) is 5.75 Å². The van der Waals surface area contributed by atoms with Gasteiger partial charge in [0, 0.05) is 60.0 Å². The number of aromatic nitrogens is 1. The first kappa shape index (κ1) is 19.2. The summed E-state index contributed by atoms with van der Waals surface area (Å²) in [7, 11) is 1.62. The number of fused-ring (bicyclic) bond motifs is 3. The van der Waals surface area contributed by atoms with Gasteiger partial charge in [-0.05, 0) is 23.8 Å². The van der Waals surface area contributed by atoms with E-state index in [2.05, 4.69) is 58.4 Å². The van der Waals surface area contributed by atoms with E-state index < -0.39 is 0 Å². The summed E-state index contributed by atoms with van der Waals surface area (Å²) in [5, 5.41) is 4.24. The highest BCUT2D eigenvalue weighted by Crippen LogP contribution is 2.32. The van der Waals surface area contributed by atoms with Crippen molar-refractivity contribution in [3.63, 3.8) is 0 Å². The van der Waals surface area contributed by atoms with Crippen LogP contribution in [0.5, 0.6) is 5.75 Å². The van der Waals surface area contributed by atoms with E-state index in [1.54, 1.807) is 7.11 Å². The second kappa shape index (κ2) is 8.19. The Labute approximate surface area is 181 Å². The number of rotatable bonds is 4. The summed E-state index contributed by atoms with van der Waals surface area (Å²) >= 11 is 0. The minimum absolute atomic E-state index is 0.0845. The number of methoxy groups -OCH3 is 1. The Morgan fingerprint density at radius 1 is 1.00 bits per heavy atom. The number of carbonyl (C=O) groups is 1. The first-order chi connectivity index (χ1) is 15.2. The summed E-state index contributed by atoms with van der Waals surface area (Å²) in [6.07, 6.45) is 0.836. The van der Waals surface area contributed by atoms with E-state index in [1.807, 2.05) is 35.2 Å². The van der Waals surface area contributed by atoms with Gasteiger partial charge >= 0.3 is 6.03 Å². The summed E-state index contributed by atoms with van der Waals surface area (Å²) in [4.78, 5) is 14.9. The fourth-order valence-corrected chi connectivity index (χ4v) is 4.42. The maximum absolute atomic E-state index is 13.0. The lowest BCUT2D eigenvalue weighted by Crippen LogP contribution is -2.39. The van der Waals surface area contributed by atoms with Crippen molar-refractivity contribution in [3.05, 3.63) is 95.7 Å². The highest BCUT2D eigenvalue weighted by Gasteiger charge is 2.26. The van der Waals surface area contributed by atoms with Crippen LogP contribution in [-0.4, -0.2) is 29.2 Å². The van der Waals surface area contributed by atoms with Crippen LogP contribution < -0.4 is 10.1 Å². The molecule has 1 aliphatic heterocycles. The van der Waals surface area contributed by atoms with Crippen molar-refractivity contribution in [2.45, 2.75) is 19.5 Å². The van der Waals surface area contributed by atoms with Crippen LogP contribution in [0.4, 0.5) is 10.5 Å². The van der Waals surface area contributed by atoms with Crippen LogP contribution in [0.2, 0.25) is 0 Å². The van der Waals surface area contributed by atoms with Gasteiger partial charge < -0.3 is 19.5 Å². The molecule has 1 N–H and O–H groups in total. The largest absolute Gasteiger partial charge is 0.497 e. The SMILES string of the molecule is COc1cccc(NC(=O)N2CCc3c(c4ccccc4n3Cc3ccccc3)C2)c1. The lowest BCUT2D eigenvalue weighted by Gasteiger charge is -2.28. The maximum atomic E-state index is 13.0. The average molecular weight is 412 g/mol. The average Bonchev–Trinajstić information content (AvgIpc) is 3.13. The number of carbonyl (C=O) groups excluding carboxylic acids is 1. The number of para-hydroxylation sites is 1. The molecular weight excluding hydrogens is 386 g/mol. The standard InChI is InChI=1S/C26H25N3O2/c1-31-21-11-7-10-20(16-21)27-26(30)28-15-14-25-23(18-28)22-12-5-6-13-24(22)29(25)17-19-8-3-2-4-9-19/h2-13,16H,14-15,17-18H2,1H3,(H,27,30). The molecule has 1 aromatic heterocycles. The third-order valence-electron chi connectivity index (χ3n) is 5.95. The first-order valence-corrected chi connectivity index (χ1v) is 10.6. The molecule has 1 aliphatic rings. The second-order valence-corrected chi connectivity index (χ2v) is 7.85. The minimum Gasteiger partial charge on any atom is -0.497 e. The summed E-state index contributed by atoms with van der Waals surface area (Å²) < 4.78 is 7.67. The summed E-state index contributed by atoms with van der Waals surface area (Å²) in [5.41, 5.74) is 5.83. The molecule has 5 nitrogen and oxygen atoms in total. The molecule has 0 unspecified atom stereocenters. The topological polar surface area (TPSA) is 46.5 Å². The monoisotopic (exact) mass is 411 g/mol. The van der Waals surface area contributed by atoms with E-state index in [1.165, 1.54) is 27.7 Å². The molecule has 0 atom stereocenters. The number of ether oxygens (including phenoxy) is 1. The molecule has 0 aliphatic carbocycles. The smallest absolute Gasteiger partial charge is 0.322 e. The van der Waals surface area contributed by atoms with Crippen molar-refractivity contribution in [1.82, 2.24) is 9.47 Å². The molecule has 5 rings (SSSR count). The van der Waals surface area contributed by atoms with Crippen LogP contribution in [0.3, 0.4) is 0 Å².